The van der Waals surface area contributed by atoms with E-state index in [1.807, 2.05) is 47.1 Å². The summed E-state index contributed by atoms with van der Waals surface area (Å²) in [5.74, 6) is 1.29. The summed E-state index contributed by atoms with van der Waals surface area (Å²) in [4.78, 5) is 0. The number of benzene rings is 2. The van der Waals surface area contributed by atoms with Gasteiger partial charge in [0.2, 0.25) is 5.16 Å². The van der Waals surface area contributed by atoms with Crippen LogP contribution in [0.1, 0.15) is 18.9 Å². The lowest BCUT2D eigenvalue weighted by atomic mass is 10.1. The van der Waals surface area contributed by atoms with Crippen molar-refractivity contribution in [1.29, 1.82) is 0 Å². The Kier molecular flexibility index (Phi) is 4.36. The highest BCUT2D eigenvalue weighted by molar-refractivity contribution is 7.99. The standard InChI is InChI=1S/C17H18N4O2S/c22-14(11-24-17-18-19-20-21(17)13-8-9-13)10-23-16-7-3-5-12-4-1-2-6-15(12)16/h1-7,13-14,22H,8-11H2/t14-/m0/s1. The van der Waals surface area contributed by atoms with E-state index in [1.54, 1.807) is 0 Å². The third kappa shape index (κ3) is 3.37. The van der Waals surface area contributed by atoms with Crippen molar-refractivity contribution in [3.63, 3.8) is 0 Å². The lowest BCUT2D eigenvalue weighted by Gasteiger charge is -2.13. The molecule has 2 aromatic carbocycles. The van der Waals surface area contributed by atoms with E-state index in [-0.39, 0.29) is 6.61 Å². The number of aliphatic hydroxyl groups excluding tert-OH is 1. The van der Waals surface area contributed by atoms with Crippen molar-refractivity contribution < 1.29 is 9.84 Å². The molecule has 3 aromatic rings. The molecule has 1 aliphatic carbocycles. The first-order chi connectivity index (χ1) is 11.8. The fourth-order valence-corrected chi connectivity index (χ4v) is 3.40. The molecule has 1 saturated carbocycles. The summed E-state index contributed by atoms with van der Waals surface area (Å²) in [6, 6.07) is 14.4. The number of aliphatic hydroxyl groups is 1. The minimum absolute atomic E-state index is 0.242. The third-order valence-corrected chi connectivity index (χ3v) is 5.02. The lowest BCUT2D eigenvalue weighted by Crippen LogP contribution is -2.20. The Morgan fingerprint density at radius 2 is 2.04 bits per heavy atom. The summed E-state index contributed by atoms with van der Waals surface area (Å²) in [5.41, 5.74) is 0. The molecule has 6 nitrogen and oxygen atoms in total. The number of hydrogen-bond donors (Lipinski definition) is 1. The topological polar surface area (TPSA) is 73.1 Å². The predicted molar refractivity (Wildman–Crippen MR) is 92.3 cm³/mol. The molecule has 1 N–H and O–H groups in total. The van der Waals surface area contributed by atoms with Gasteiger partial charge in [-0.3, -0.25) is 0 Å². The summed E-state index contributed by atoms with van der Waals surface area (Å²) >= 11 is 1.47. The van der Waals surface area contributed by atoms with Gasteiger partial charge in [-0.15, -0.1) is 5.10 Å². The van der Waals surface area contributed by atoms with Crippen molar-refractivity contribution >= 4 is 22.5 Å². The van der Waals surface area contributed by atoms with E-state index in [9.17, 15) is 5.11 Å². The Morgan fingerprint density at radius 1 is 1.21 bits per heavy atom. The third-order valence-electron chi connectivity index (χ3n) is 3.94. The van der Waals surface area contributed by atoms with E-state index in [4.69, 9.17) is 4.74 Å². The monoisotopic (exact) mass is 342 g/mol. The SMILES string of the molecule is O[C@@H](COc1cccc2ccccc12)CSc1nnnn1C1CC1. The maximum absolute atomic E-state index is 10.2. The van der Waals surface area contributed by atoms with Gasteiger partial charge >= 0.3 is 0 Å². The van der Waals surface area contributed by atoms with Crippen molar-refractivity contribution in [3.8, 4) is 5.75 Å². The number of tetrazole rings is 1. The summed E-state index contributed by atoms with van der Waals surface area (Å²) in [7, 11) is 0. The molecule has 0 bridgehead atoms. The van der Waals surface area contributed by atoms with Crippen LogP contribution in [0.2, 0.25) is 0 Å². The Balaban J connectivity index is 1.34. The van der Waals surface area contributed by atoms with Crippen LogP contribution in [0.4, 0.5) is 0 Å². The highest BCUT2D eigenvalue weighted by Crippen LogP contribution is 2.36. The first kappa shape index (κ1) is 15.4. The largest absolute Gasteiger partial charge is 0.490 e. The van der Waals surface area contributed by atoms with Crippen LogP contribution in [0.15, 0.2) is 47.6 Å². The molecule has 0 aliphatic heterocycles. The fourth-order valence-electron chi connectivity index (χ4n) is 2.56. The molecule has 1 aromatic heterocycles. The Bertz CT molecular complexity index is 829. The quantitative estimate of drug-likeness (QED) is 0.666. The van der Waals surface area contributed by atoms with Gasteiger partial charge in [-0.2, -0.15) is 0 Å². The number of hydrogen-bond acceptors (Lipinski definition) is 6. The zero-order valence-electron chi connectivity index (χ0n) is 13.1. The smallest absolute Gasteiger partial charge is 0.209 e. The Hall–Kier alpha value is -2.12. The molecule has 0 amide bonds. The first-order valence-electron chi connectivity index (χ1n) is 8.00. The van der Waals surface area contributed by atoms with Gasteiger partial charge in [0.25, 0.3) is 0 Å². The van der Waals surface area contributed by atoms with Crippen LogP contribution < -0.4 is 4.74 Å². The Labute approximate surface area is 143 Å². The second-order valence-corrected chi connectivity index (χ2v) is 6.88. The zero-order chi connectivity index (χ0) is 16.4. The molecule has 0 spiro atoms. The van der Waals surface area contributed by atoms with Gasteiger partial charge < -0.3 is 9.84 Å². The van der Waals surface area contributed by atoms with Gasteiger partial charge in [0, 0.05) is 11.1 Å². The molecule has 7 heteroatoms. The van der Waals surface area contributed by atoms with Gasteiger partial charge in [0.15, 0.2) is 0 Å². The van der Waals surface area contributed by atoms with E-state index in [0.29, 0.717) is 11.8 Å². The first-order valence-corrected chi connectivity index (χ1v) is 8.99. The normalized spacial score (nSPS) is 15.5. The number of nitrogens with zero attached hydrogens (tertiary/aromatic N) is 4. The average molecular weight is 342 g/mol. The van der Waals surface area contributed by atoms with Gasteiger partial charge in [0.1, 0.15) is 12.4 Å². The van der Waals surface area contributed by atoms with Crippen LogP contribution in [0.25, 0.3) is 10.8 Å². The van der Waals surface area contributed by atoms with Gasteiger partial charge in [0.05, 0.1) is 12.1 Å². The van der Waals surface area contributed by atoms with Crippen LogP contribution in [0, 0.1) is 0 Å². The molecule has 1 fully saturated rings. The Morgan fingerprint density at radius 3 is 2.92 bits per heavy atom. The summed E-state index contributed by atoms with van der Waals surface area (Å²) in [6.07, 6.45) is 1.68. The van der Waals surface area contributed by atoms with Crippen molar-refractivity contribution in [2.75, 3.05) is 12.4 Å². The molecule has 1 aliphatic rings. The zero-order valence-corrected chi connectivity index (χ0v) is 13.9. The van der Waals surface area contributed by atoms with E-state index >= 15 is 0 Å². The number of rotatable bonds is 7. The van der Waals surface area contributed by atoms with Crippen LogP contribution in [-0.2, 0) is 0 Å². The number of ether oxygens (including phenoxy) is 1. The number of thioether (sulfide) groups is 1. The molecule has 1 atom stereocenters. The van der Waals surface area contributed by atoms with Crippen LogP contribution in [0.3, 0.4) is 0 Å². The second kappa shape index (κ2) is 6.78. The predicted octanol–water partition coefficient (Wildman–Crippen LogP) is 2.69. The highest BCUT2D eigenvalue weighted by atomic mass is 32.2. The van der Waals surface area contributed by atoms with Gasteiger partial charge in [-0.1, -0.05) is 48.2 Å². The van der Waals surface area contributed by atoms with Gasteiger partial charge in [-0.05, 0) is 34.7 Å². The molecule has 1 heterocycles. The molecule has 24 heavy (non-hydrogen) atoms. The molecular weight excluding hydrogens is 324 g/mol. The summed E-state index contributed by atoms with van der Waals surface area (Å²) < 4.78 is 7.67. The van der Waals surface area contributed by atoms with Crippen molar-refractivity contribution in [2.24, 2.45) is 0 Å². The van der Waals surface area contributed by atoms with Gasteiger partial charge in [-0.25, -0.2) is 4.68 Å². The maximum Gasteiger partial charge on any atom is 0.209 e. The molecule has 4 rings (SSSR count). The van der Waals surface area contributed by atoms with Crippen LogP contribution in [0.5, 0.6) is 5.75 Å². The molecule has 124 valence electrons. The molecule has 0 unspecified atom stereocenters. The van der Waals surface area contributed by atoms with E-state index < -0.39 is 6.10 Å². The van der Waals surface area contributed by atoms with Crippen LogP contribution in [-0.4, -0.2) is 43.8 Å². The molecule has 0 radical (unpaired) electrons. The van der Waals surface area contributed by atoms with E-state index in [2.05, 4.69) is 15.5 Å². The summed E-state index contributed by atoms with van der Waals surface area (Å²) in [6.45, 7) is 0.242. The van der Waals surface area contributed by atoms with Crippen molar-refractivity contribution in [2.45, 2.75) is 30.1 Å². The minimum Gasteiger partial charge on any atom is -0.490 e. The lowest BCUT2D eigenvalue weighted by molar-refractivity contribution is 0.127. The number of fused-ring (bicyclic) bond motifs is 1. The second-order valence-electron chi connectivity index (χ2n) is 5.89. The highest BCUT2D eigenvalue weighted by Gasteiger charge is 2.28. The number of aromatic nitrogens is 4. The molecule has 0 saturated heterocycles. The fraction of sp³-hybridized carbons (Fsp3) is 0.353. The minimum atomic E-state index is -0.585. The van der Waals surface area contributed by atoms with E-state index in [0.717, 1.165) is 34.5 Å². The van der Waals surface area contributed by atoms with Crippen molar-refractivity contribution in [3.05, 3.63) is 42.5 Å². The van der Waals surface area contributed by atoms with Crippen LogP contribution >= 0.6 is 11.8 Å². The van der Waals surface area contributed by atoms with E-state index in [1.165, 1.54) is 11.8 Å². The maximum atomic E-state index is 10.2. The molecular formula is C17H18N4O2S. The van der Waals surface area contributed by atoms with Crippen molar-refractivity contribution in [1.82, 2.24) is 20.2 Å². The average Bonchev–Trinajstić information content (AvgIpc) is 3.36. The summed E-state index contributed by atoms with van der Waals surface area (Å²) in [5, 5.41) is 24.9.